The first kappa shape index (κ1) is 19.0. The minimum absolute atomic E-state index is 0.266. The van der Waals surface area contributed by atoms with E-state index >= 15 is 0 Å². The Bertz CT molecular complexity index is 975. The molecule has 2 aromatic carbocycles. The Balaban J connectivity index is 1.77. The molecule has 28 heavy (non-hydrogen) atoms. The molecule has 0 aliphatic heterocycles. The maximum absolute atomic E-state index is 12.6. The van der Waals surface area contributed by atoms with Crippen LogP contribution in [0.15, 0.2) is 60.8 Å². The number of benzene rings is 2. The largest absolute Gasteiger partial charge is 0.495 e. The van der Waals surface area contributed by atoms with Crippen LogP contribution in [0.4, 0.5) is 17.2 Å². The first-order valence-corrected chi connectivity index (χ1v) is 8.54. The Labute approximate surface area is 163 Å². The van der Waals surface area contributed by atoms with Gasteiger partial charge in [0.2, 0.25) is 0 Å². The summed E-state index contributed by atoms with van der Waals surface area (Å²) in [5.74, 6) is 2.08. The number of ether oxygens (including phenoxy) is 3. The zero-order valence-corrected chi connectivity index (χ0v) is 15.9. The zero-order chi connectivity index (χ0) is 19.9. The van der Waals surface area contributed by atoms with Crippen molar-refractivity contribution < 1.29 is 19.0 Å². The van der Waals surface area contributed by atoms with Gasteiger partial charge in [0.25, 0.3) is 5.91 Å². The van der Waals surface area contributed by atoms with E-state index in [9.17, 15) is 4.79 Å². The van der Waals surface area contributed by atoms with Crippen molar-refractivity contribution in [2.75, 3.05) is 32.0 Å². The van der Waals surface area contributed by atoms with Crippen LogP contribution in [0, 0.1) is 0 Å². The van der Waals surface area contributed by atoms with Crippen LogP contribution in [0.1, 0.15) is 10.4 Å². The molecule has 0 radical (unpaired) electrons. The van der Waals surface area contributed by atoms with Gasteiger partial charge >= 0.3 is 0 Å². The van der Waals surface area contributed by atoms with E-state index in [0.29, 0.717) is 34.3 Å². The molecular formula is C21H21N3O4. The summed E-state index contributed by atoms with van der Waals surface area (Å²) in [5, 5.41) is 6.01. The summed E-state index contributed by atoms with van der Waals surface area (Å²) in [4.78, 5) is 16.9. The number of rotatable bonds is 7. The van der Waals surface area contributed by atoms with E-state index < -0.39 is 0 Å². The van der Waals surface area contributed by atoms with Crippen LogP contribution in [-0.4, -0.2) is 32.2 Å². The van der Waals surface area contributed by atoms with Gasteiger partial charge in [-0.2, -0.15) is 0 Å². The van der Waals surface area contributed by atoms with E-state index in [0.717, 1.165) is 5.69 Å². The number of amides is 1. The van der Waals surface area contributed by atoms with Crippen LogP contribution in [0.3, 0.4) is 0 Å². The smallest absolute Gasteiger partial charge is 0.255 e. The highest BCUT2D eigenvalue weighted by Crippen LogP contribution is 2.30. The van der Waals surface area contributed by atoms with E-state index in [2.05, 4.69) is 15.6 Å². The fourth-order valence-electron chi connectivity index (χ4n) is 2.64. The Morgan fingerprint density at radius 1 is 0.857 bits per heavy atom. The van der Waals surface area contributed by atoms with E-state index in [4.69, 9.17) is 14.2 Å². The third-order valence-corrected chi connectivity index (χ3v) is 4.03. The molecule has 0 unspecified atom stereocenters. The molecule has 7 nitrogen and oxygen atoms in total. The first-order chi connectivity index (χ1) is 13.6. The van der Waals surface area contributed by atoms with Crippen molar-refractivity contribution >= 4 is 23.1 Å². The second-order valence-corrected chi connectivity index (χ2v) is 5.78. The van der Waals surface area contributed by atoms with E-state index in [1.54, 1.807) is 57.9 Å². The fraction of sp³-hybridized carbons (Fsp3) is 0.143. The zero-order valence-electron chi connectivity index (χ0n) is 15.9. The number of methoxy groups -OCH3 is 3. The van der Waals surface area contributed by atoms with Crippen LogP contribution >= 0.6 is 0 Å². The fourth-order valence-corrected chi connectivity index (χ4v) is 2.64. The monoisotopic (exact) mass is 379 g/mol. The molecule has 0 fully saturated rings. The second kappa shape index (κ2) is 8.77. The maximum atomic E-state index is 12.6. The van der Waals surface area contributed by atoms with Crippen molar-refractivity contribution in [3.63, 3.8) is 0 Å². The normalized spacial score (nSPS) is 10.1. The topological polar surface area (TPSA) is 81.7 Å². The molecule has 0 saturated heterocycles. The van der Waals surface area contributed by atoms with Crippen LogP contribution in [0.2, 0.25) is 0 Å². The van der Waals surface area contributed by atoms with Gasteiger partial charge in [0.1, 0.15) is 11.6 Å². The van der Waals surface area contributed by atoms with Crippen LogP contribution < -0.4 is 24.8 Å². The second-order valence-electron chi connectivity index (χ2n) is 5.78. The van der Waals surface area contributed by atoms with Gasteiger partial charge in [-0.25, -0.2) is 4.98 Å². The average Bonchev–Trinajstić information content (AvgIpc) is 2.74. The summed E-state index contributed by atoms with van der Waals surface area (Å²) in [6.45, 7) is 0. The molecule has 0 saturated carbocycles. The summed E-state index contributed by atoms with van der Waals surface area (Å²) in [7, 11) is 4.70. The molecule has 3 rings (SSSR count). The van der Waals surface area contributed by atoms with Crippen molar-refractivity contribution in [1.82, 2.24) is 4.98 Å². The summed E-state index contributed by atoms with van der Waals surface area (Å²) in [6, 6.07) is 16.0. The van der Waals surface area contributed by atoms with E-state index in [1.165, 1.54) is 0 Å². The highest BCUT2D eigenvalue weighted by Gasteiger charge is 2.11. The number of nitrogens with one attached hydrogen (secondary N) is 2. The molecule has 0 spiro atoms. The minimum atomic E-state index is -0.266. The van der Waals surface area contributed by atoms with Gasteiger partial charge in [0.15, 0.2) is 11.5 Å². The maximum Gasteiger partial charge on any atom is 0.255 e. The molecule has 1 heterocycles. The molecule has 0 atom stereocenters. The SMILES string of the molecule is COc1ccccc1Nc1cc(C(=O)Nc2ccc(OC)c(OC)c2)ccn1. The van der Waals surface area contributed by atoms with Crippen molar-refractivity contribution in [2.24, 2.45) is 0 Å². The molecule has 2 N–H and O–H groups in total. The van der Waals surface area contributed by atoms with Crippen LogP contribution in [0.25, 0.3) is 0 Å². The van der Waals surface area contributed by atoms with E-state index in [1.807, 2.05) is 24.3 Å². The predicted molar refractivity (Wildman–Crippen MR) is 108 cm³/mol. The lowest BCUT2D eigenvalue weighted by Gasteiger charge is -2.12. The van der Waals surface area contributed by atoms with Crippen molar-refractivity contribution in [3.8, 4) is 17.2 Å². The van der Waals surface area contributed by atoms with Gasteiger partial charge in [-0.05, 0) is 36.4 Å². The van der Waals surface area contributed by atoms with E-state index in [-0.39, 0.29) is 5.91 Å². The number of hydrogen-bond donors (Lipinski definition) is 2. The molecule has 7 heteroatoms. The third-order valence-electron chi connectivity index (χ3n) is 4.03. The van der Waals surface area contributed by atoms with Gasteiger partial charge in [-0.3, -0.25) is 4.79 Å². The predicted octanol–water partition coefficient (Wildman–Crippen LogP) is 4.10. The number of anilines is 3. The number of carbonyl (C=O) groups is 1. The Hall–Kier alpha value is -3.74. The third kappa shape index (κ3) is 4.32. The molecule has 1 amide bonds. The lowest BCUT2D eigenvalue weighted by Crippen LogP contribution is -2.12. The summed E-state index contributed by atoms with van der Waals surface area (Å²) >= 11 is 0. The highest BCUT2D eigenvalue weighted by molar-refractivity contribution is 6.04. The van der Waals surface area contributed by atoms with Gasteiger partial charge in [-0.1, -0.05) is 12.1 Å². The lowest BCUT2D eigenvalue weighted by molar-refractivity contribution is 0.102. The van der Waals surface area contributed by atoms with Crippen molar-refractivity contribution in [3.05, 3.63) is 66.4 Å². The van der Waals surface area contributed by atoms with Crippen LogP contribution in [0.5, 0.6) is 17.2 Å². The number of para-hydroxylation sites is 2. The van der Waals surface area contributed by atoms with Gasteiger partial charge in [-0.15, -0.1) is 0 Å². The lowest BCUT2D eigenvalue weighted by atomic mass is 10.2. The number of pyridine rings is 1. The number of aromatic nitrogens is 1. The standard InChI is InChI=1S/C21H21N3O4/c1-26-17-7-5-4-6-16(17)24-20-12-14(10-11-22-20)21(25)23-15-8-9-18(27-2)19(13-15)28-3/h4-13H,1-3H3,(H,22,24)(H,23,25). The molecular weight excluding hydrogens is 358 g/mol. The molecule has 0 aliphatic rings. The highest BCUT2D eigenvalue weighted by atomic mass is 16.5. The number of carbonyl (C=O) groups excluding carboxylic acids is 1. The molecule has 144 valence electrons. The molecule has 0 aliphatic carbocycles. The summed E-state index contributed by atoms with van der Waals surface area (Å²) in [5.41, 5.74) is 1.82. The van der Waals surface area contributed by atoms with Gasteiger partial charge in [0.05, 0.1) is 27.0 Å². The Morgan fingerprint density at radius 3 is 2.36 bits per heavy atom. The van der Waals surface area contributed by atoms with Crippen molar-refractivity contribution in [2.45, 2.75) is 0 Å². The number of nitrogens with zero attached hydrogens (tertiary/aromatic N) is 1. The Kier molecular flexibility index (Phi) is 5.96. The quantitative estimate of drug-likeness (QED) is 0.643. The van der Waals surface area contributed by atoms with Crippen molar-refractivity contribution in [1.29, 1.82) is 0 Å². The summed E-state index contributed by atoms with van der Waals surface area (Å²) in [6.07, 6.45) is 1.57. The minimum Gasteiger partial charge on any atom is -0.495 e. The van der Waals surface area contributed by atoms with Gasteiger partial charge in [0, 0.05) is 23.5 Å². The molecule has 3 aromatic rings. The van der Waals surface area contributed by atoms with Crippen LogP contribution in [-0.2, 0) is 0 Å². The van der Waals surface area contributed by atoms with Gasteiger partial charge < -0.3 is 24.8 Å². The summed E-state index contributed by atoms with van der Waals surface area (Å²) < 4.78 is 15.8. The molecule has 1 aromatic heterocycles. The Morgan fingerprint density at radius 2 is 1.61 bits per heavy atom. The number of hydrogen-bond acceptors (Lipinski definition) is 6. The molecule has 0 bridgehead atoms. The first-order valence-electron chi connectivity index (χ1n) is 8.54. The average molecular weight is 379 g/mol.